The minimum Gasteiger partial charge on any atom is -0.356 e. The Balaban J connectivity index is 2.68. The standard InChI is InChI=1S/C12H16N2O4S/c1-9-5-3-4-6-11(9)19(17,18)14-12(16)7-8-13-10(2)15/h3-6H,7-8H2,1-2H3,(H,13,15)(H,14,16). The van der Waals surface area contributed by atoms with Crippen LogP contribution in [0.2, 0.25) is 0 Å². The van der Waals surface area contributed by atoms with Crippen molar-refractivity contribution in [3.05, 3.63) is 29.8 Å². The van der Waals surface area contributed by atoms with Crippen LogP contribution in [-0.4, -0.2) is 26.8 Å². The highest BCUT2D eigenvalue weighted by atomic mass is 32.2. The van der Waals surface area contributed by atoms with E-state index in [9.17, 15) is 18.0 Å². The van der Waals surface area contributed by atoms with Gasteiger partial charge in [-0.25, -0.2) is 13.1 Å². The minimum absolute atomic E-state index is 0.0721. The fourth-order valence-electron chi connectivity index (χ4n) is 1.47. The molecule has 0 unspecified atom stereocenters. The average Bonchev–Trinajstić information content (AvgIpc) is 2.27. The van der Waals surface area contributed by atoms with Gasteiger partial charge < -0.3 is 5.32 Å². The fraction of sp³-hybridized carbons (Fsp3) is 0.333. The summed E-state index contributed by atoms with van der Waals surface area (Å²) in [7, 11) is -3.85. The molecule has 2 N–H and O–H groups in total. The zero-order valence-corrected chi connectivity index (χ0v) is 11.6. The Kier molecular flexibility index (Phi) is 5.05. The number of carbonyl (C=O) groups is 2. The van der Waals surface area contributed by atoms with Crippen molar-refractivity contribution >= 4 is 21.8 Å². The van der Waals surface area contributed by atoms with Crippen LogP contribution in [0.3, 0.4) is 0 Å². The maximum Gasteiger partial charge on any atom is 0.264 e. The van der Waals surface area contributed by atoms with E-state index in [0.717, 1.165) is 0 Å². The van der Waals surface area contributed by atoms with Gasteiger partial charge >= 0.3 is 0 Å². The number of amides is 2. The van der Waals surface area contributed by atoms with Gasteiger partial charge in [-0.15, -0.1) is 0 Å². The lowest BCUT2D eigenvalue weighted by molar-refractivity contribution is -0.120. The second kappa shape index (κ2) is 6.33. The fourth-order valence-corrected chi connectivity index (χ4v) is 2.73. The predicted molar refractivity (Wildman–Crippen MR) is 69.8 cm³/mol. The molecule has 0 aromatic heterocycles. The van der Waals surface area contributed by atoms with Crippen LogP contribution in [0.4, 0.5) is 0 Å². The summed E-state index contributed by atoms with van der Waals surface area (Å²) in [4.78, 5) is 22.2. The third-order valence-corrected chi connectivity index (χ3v) is 3.89. The largest absolute Gasteiger partial charge is 0.356 e. The van der Waals surface area contributed by atoms with E-state index in [4.69, 9.17) is 0 Å². The van der Waals surface area contributed by atoms with Gasteiger partial charge in [-0.3, -0.25) is 9.59 Å². The lowest BCUT2D eigenvalue weighted by atomic mass is 10.2. The van der Waals surface area contributed by atoms with E-state index < -0.39 is 15.9 Å². The highest BCUT2D eigenvalue weighted by Gasteiger charge is 2.18. The Morgan fingerprint density at radius 2 is 1.84 bits per heavy atom. The van der Waals surface area contributed by atoms with Gasteiger partial charge in [0, 0.05) is 19.9 Å². The molecule has 6 nitrogen and oxygen atoms in total. The lowest BCUT2D eigenvalue weighted by Crippen LogP contribution is -2.34. The molecular formula is C12H16N2O4S. The van der Waals surface area contributed by atoms with Crippen LogP contribution in [0.1, 0.15) is 18.9 Å². The second-order valence-corrected chi connectivity index (χ2v) is 5.68. The highest BCUT2D eigenvalue weighted by Crippen LogP contribution is 2.13. The molecule has 7 heteroatoms. The first kappa shape index (κ1) is 15.2. The van der Waals surface area contributed by atoms with E-state index in [1.807, 2.05) is 4.72 Å². The van der Waals surface area contributed by atoms with Crippen LogP contribution in [0.15, 0.2) is 29.2 Å². The predicted octanol–water partition coefficient (Wildman–Crippen LogP) is 0.326. The number of nitrogens with one attached hydrogen (secondary N) is 2. The van der Waals surface area contributed by atoms with E-state index in [2.05, 4.69) is 5.32 Å². The minimum atomic E-state index is -3.85. The number of aryl methyl sites for hydroxylation is 1. The van der Waals surface area contributed by atoms with Gasteiger partial charge in [-0.05, 0) is 18.6 Å². The molecule has 0 saturated carbocycles. The van der Waals surface area contributed by atoms with Gasteiger partial charge in [0.15, 0.2) is 0 Å². The highest BCUT2D eigenvalue weighted by molar-refractivity contribution is 7.90. The SMILES string of the molecule is CC(=O)NCCC(=O)NS(=O)(=O)c1ccccc1C. The molecule has 104 valence electrons. The van der Waals surface area contributed by atoms with E-state index in [1.165, 1.54) is 13.0 Å². The molecule has 1 aromatic rings. The summed E-state index contributed by atoms with van der Waals surface area (Å²) in [6.07, 6.45) is -0.0926. The van der Waals surface area contributed by atoms with Crippen molar-refractivity contribution in [2.75, 3.05) is 6.54 Å². The van der Waals surface area contributed by atoms with Crippen LogP contribution < -0.4 is 10.0 Å². The lowest BCUT2D eigenvalue weighted by Gasteiger charge is -2.09. The number of benzene rings is 1. The molecule has 0 radical (unpaired) electrons. The zero-order valence-electron chi connectivity index (χ0n) is 10.8. The van der Waals surface area contributed by atoms with E-state index in [1.54, 1.807) is 25.1 Å². The third-order valence-electron chi connectivity index (χ3n) is 2.36. The first-order valence-electron chi connectivity index (χ1n) is 5.68. The monoisotopic (exact) mass is 284 g/mol. The molecule has 0 aliphatic heterocycles. The maximum absolute atomic E-state index is 11.9. The molecule has 0 aliphatic rings. The Morgan fingerprint density at radius 1 is 1.21 bits per heavy atom. The van der Waals surface area contributed by atoms with Crippen molar-refractivity contribution in [3.8, 4) is 0 Å². The van der Waals surface area contributed by atoms with Crippen LogP contribution in [0.5, 0.6) is 0 Å². The molecule has 0 bridgehead atoms. The normalized spacial score (nSPS) is 10.8. The quantitative estimate of drug-likeness (QED) is 0.814. The topological polar surface area (TPSA) is 92.3 Å². The van der Waals surface area contributed by atoms with E-state index in [-0.39, 0.29) is 23.8 Å². The van der Waals surface area contributed by atoms with Crippen LogP contribution >= 0.6 is 0 Å². The van der Waals surface area contributed by atoms with Crippen molar-refractivity contribution in [1.29, 1.82) is 0 Å². The molecule has 0 aliphatic carbocycles. The molecule has 0 heterocycles. The van der Waals surface area contributed by atoms with E-state index in [0.29, 0.717) is 5.56 Å². The number of rotatable bonds is 5. The first-order chi connectivity index (χ1) is 8.83. The van der Waals surface area contributed by atoms with Crippen LogP contribution in [-0.2, 0) is 19.6 Å². The first-order valence-corrected chi connectivity index (χ1v) is 7.17. The summed E-state index contributed by atoms with van der Waals surface area (Å²) in [6.45, 7) is 3.07. The summed E-state index contributed by atoms with van der Waals surface area (Å²) in [6, 6.07) is 6.38. The molecule has 0 saturated heterocycles. The van der Waals surface area contributed by atoms with Crippen molar-refractivity contribution in [3.63, 3.8) is 0 Å². The molecule has 0 fully saturated rings. The van der Waals surface area contributed by atoms with Crippen LogP contribution in [0.25, 0.3) is 0 Å². The summed E-state index contributed by atoms with van der Waals surface area (Å²) in [5.74, 6) is -0.924. The number of hydrogen-bond donors (Lipinski definition) is 2. The zero-order chi connectivity index (χ0) is 14.5. The van der Waals surface area contributed by atoms with Crippen molar-refractivity contribution in [2.45, 2.75) is 25.2 Å². The third kappa shape index (κ3) is 4.70. The Bertz CT molecular complexity index is 581. The van der Waals surface area contributed by atoms with Gasteiger partial charge in [0.2, 0.25) is 11.8 Å². The van der Waals surface area contributed by atoms with Gasteiger partial charge in [-0.1, -0.05) is 18.2 Å². The van der Waals surface area contributed by atoms with Gasteiger partial charge in [0.1, 0.15) is 0 Å². The second-order valence-electron chi connectivity index (χ2n) is 4.03. The van der Waals surface area contributed by atoms with Crippen LogP contribution in [0, 0.1) is 6.92 Å². The summed E-state index contributed by atoms with van der Waals surface area (Å²) in [5, 5.41) is 2.42. The molecule has 1 rings (SSSR count). The Labute approximate surface area is 112 Å². The number of hydrogen-bond acceptors (Lipinski definition) is 4. The van der Waals surface area contributed by atoms with E-state index >= 15 is 0 Å². The molecule has 1 aromatic carbocycles. The Morgan fingerprint density at radius 3 is 2.42 bits per heavy atom. The van der Waals surface area contributed by atoms with Gasteiger partial charge in [0.25, 0.3) is 10.0 Å². The number of sulfonamides is 1. The Hall–Kier alpha value is -1.89. The van der Waals surface area contributed by atoms with Crippen molar-refractivity contribution in [1.82, 2.24) is 10.0 Å². The molecular weight excluding hydrogens is 268 g/mol. The average molecular weight is 284 g/mol. The van der Waals surface area contributed by atoms with Gasteiger partial charge in [0.05, 0.1) is 4.90 Å². The summed E-state index contributed by atoms with van der Waals surface area (Å²) >= 11 is 0. The van der Waals surface area contributed by atoms with Crippen molar-refractivity contribution < 1.29 is 18.0 Å². The van der Waals surface area contributed by atoms with Gasteiger partial charge in [-0.2, -0.15) is 0 Å². The molecule has 2 amide bonds. The maximum atomic E-state index is 11.9. The number of carbonyl (C=O) groups excluding carboxylic acids is 2. The van der Waals surface area contributed by atoms with Crippen molar-refractivity contribution in [2.24, 2.45) is 0 Å². The molecule has 0 atom stereocenters. The summed E-state index contributed by atoms with van der Waals surface area (Å²) < 4.78 is 25.9. The molecule has 0 spiro atoms. The smallest absolute Gasteiger partial charge is 0.264 e. The molecule has 19 heavy (non-hydrogen) atoms. The summed E-state index contributed by atoms with van der Waals surface area (Å²) in [5.41, 5.74) is 0.560.